The second kappa shape index (κ2) is 5.71. The Bertz CT molecular complexity index is 534. The Morgan fingerprint density at radius 3 is 2.61 bits per heavy atom. The van der Waals surface area contributed by atoms with Gasteiger partial charge >= 0.3 is 0 Å². The molecule has 4 nitrogen and oxygen atoms in total. The minimum Gasteiger partial charge on any atom is -0.456 e. The number of nitrogens with one attached hydrogen (secondary N) is 1. The maximum atomic E-state index is 11.8. The van der Waals surface area contributed by atoms with Crippen molar-refractivity contribution in [2.75, 3.05) is 11.9 Å². The standard InChI is InChI=1S/C13H13ClN2O2/c14-9-1-3-10(4-2-9)16-13(17)12-6-5-11(18-12)7-8-15/h1-6H,7-8,15H2,(H,16,17). The van der Waals surface area contributed by atoms with Gasteiger partial charge in [-0.2, -0.15) is 0 Å². The van der Waals surface area contributed by atoms with Crippen LogP contribution in [0.1, 0.15) is 16.3 Å². The lowest BCUT2D eigenvalue weighted by Gasteiger charge is -2.02. The predicted molar refractivity (Wildman–Crippen MR) is 70.9 cm³/mol. The summed E-state index contributed by atoms with van der Waals surface area (Å²) in [6.07, 6.45) is 0.619. The van der Waals surface area contributed by atoms with Gasteiger partial charge in [-0.05, 0) is 42.9 Å². The lowest BCUT2D eigenvalue weighted by Crippen LogP contribution is -2.10. The van der Waals surface area contributed by atoms with Crippen LogP contribution in [0.25, 0.3) is 0 Å². The van der Waals surface area contributed by atoms with Crippen LogP contribution in [0.4, 0.5) is 5.69 Å². The smallest absolute Gasteiger partial charge is 0.291 e. The molecular weight excluding hydrogens is 252 g/mol. The average molecular weight is 265 g/mol. The molecule has 2 rings (SSSR count). The maximum absolute atomic E-state index is 11.8. The highest BCUT2D eigenvalue weighted by Crippen LogP contribution is 2.15. The lowest BCUT2D eigenvalue weighted by atomic mass is 10.3. The average Bonchev–Trinajstić information content (AvgIpc) is 2.81. The summed E-state index contributed by atoms with van der Waals surface area (Å²) in [5.74, 6) is 0.688. The van der Waals surface area contributed by atoms with Crippen molar-refractivity contribution in [3.05, 3.63) is 52.9 Å². The number of furan rings is 1. The SMILES string of the molecule is NCCc1ccc(C(=O)Nc2ccc(Cl)cc2)o1. The zero-order valence-corrected chi connectivity index (χ0v) is 10.4. The minimum absolute atomic E-state index is 0.272. The van der Waals surface area contributed by atoms with E-state index in [4.69, 9.17) is 21.8 Å². The van der Waals surface area contributed by atoms with E-state index in [0.29, 0.717) is 29.4 Å². The van der Waals surface area contributed by atoms with Gasteiger partial charge in [0.2, 0.25) is 0 Å². The summed E-state index contributed by atoms with van der Waals surface area (Å²) in [6.45, 7) is 0.492. The van der Waals surface area contributed by atoms with Crippen LogP contribution in [0.3, 0.4) is 0 Å². The van der Waals surface area contributed by atoms with Crippen LogP contribution in [0.2, 0.25) is 5.02 Å². The summed E-state index contributed by atoms with van der Waals surface area (Å²) in [5.41, 5.74) is 6.08. The van der Waals surface area contributed by atoms with Gasteiger partial charge in [0.1, 0.15) is 5.76 Å². The van der Waals surface area contributed by atoms with Crippen LogP contribution in [0.5, 0.6) is 0 Å². The molecule has 0 fully saturated rings. The number of carbonyl (C=O) groups excluding carboxylic acids is 1. The third kappa shape index (κ3) is 3.12. The van der Waals surface area contributed by atoms with Crippen molar-refractivity contribution < 1.29 is 9.21 Å². The van der Waals surface area contributed by atoms with Crippen LogP contribution in [-0.4, -0.2) is 12.5 Å². The quantitative estimate of drug-likeness (QED) is 0.892. The van der Waals surface area contributed by atoms with E-state index in [1.54, 1.807) is 36.4 Å². The second-order valence-electron chi connectivity index (χ2n) is 3.77. The molecule has 2 aromatic rings. The Labute approximate surface area is 110 Å². The molecule has 1 amide bonds. The Kier molecular flexibility index (Phi) is 4.02. The number of anilines is 1. The number of amides is 1. The number of benzene rings is 1. The van der Waals surface area contributed by atoms with Gasteiger partial charge in [0.05, 0.1) is 0 Å². The Morgan fingerprint density at radius 1 is 1.22 bits per heavy atom. The summed E-state index contributed by atoms with van der Waals surface area (Å²) in [7, 11) is 0. The molecule has 0 saturated carbocycles. The van der Waals surface area contributed by atoms with Gasteiger partial charge in [-0.1, -0.05) is 11.6 Å². The van der Waals surface area contributed by atoms with E-state index >= 15 is 0 Å². The first-order chi connectivity index (χ1) is 8.69. The van der Waals surface area contributed by atoms with Crippen molar-refractivity contribution in [2.24, 2.45) is 5.73 Å². The zero-order valence-electron chi connectivity index (χ0n) is 9.65. The number of hydrogen-bond acceptors (Lipinski definition) is 3. The van der Waals surface area contributed by atoms with E-state index in [1.807, 2.05) is 0 Å². The highest BCUT2D eigenvalue weighted by atomic mass is 35.5. The fourth-order valence-corrected chi connectivity index (χ4v) is 1.63. The van der Waals surface area contributed by atoms with E-state index in [1.165, 1.54) is 0 Å². The van der Waals surface area contributed by atoms with Gasteiger partial charge in [-0.3, -0.25) is 4.79 Å². The maximum Gasteiger partial charge on any atom is 0.291 e. The predicted octanol–water partition coefficient (Wildman–Crippen LogP) is 2.69. The number of carbonyl (C=O) groups is 1. The van der Waals surface area contributed by atoms with E-state index in [0.717, 1.165) is 0 Å². The van der Waals surface area contributed by atoms with Crippen LogP contribution in [0.15, 0.2) is 40.8 Å². The van der Waals surface area contributed by atoms with E-state index in [-0.39, 0.29) is 11.7 Å². The lowest BCUT2D eigenvalue weighted by molar-refractivity contribution is 0.0995. The van der Waals surface area contributed by atoms with Crippen molar-refractivity contribution >= 4 is 23.2 Å². The molecular formula is C13H13ClN2O2. The molecule has 94 valence electrons. The molecule has 0 atom stereocenters. The molecule has 0 aliphatic heterocycles. The Hall–Kier alpha value is -1.78. The summed E-state index contributed by atoms with van der Waals surface area (Å²) in [6, 6.07) is 10.3. The molecule has 0 aliphatic carbocycles. The monoisotopic (exact) mass is 264 g/mol. The van der Waals surface area contributed by atoms with Gasteiger partial charge < -0.3 is 15.5 Å². The largest absolute Gasteiger partial charge is 0.456 e. The molecule has 0 spiro atoms. The topological polar surface area (TPSA) is 68.3 Å². The molecule has 0 radical (unpaired) electrons. The third-order valence-corrected chi connectivity index (χ3v) is 2.63. The van der Waals surface area contributed by atoms with E-state index in [9.17, 15) is 4.79 Å². The van der Waals surface area contributed by atoms with Crippen molar-refractivity contribution in [3.8, 4) is 0 Å². The van der Waals surface area contributed by atoms with E-state index in [2.05, 4.69) is 5.32 Å². The first-order valence-corrected chi connectivity index (χ1v) is 5.92. The Morgan fingerprint density at radius 2 is 1.94 bits per heavy atom. The molecule has 1 aromatic carbocycles. The molecule has 1 aromatic heterocycles. The van der Waals surface area contributed by atoms with Gasteiger partial charge in [-0.25, -0.2) is 0 Å². The normalized spacial score (nSPS) is 10.3. The number of nitrogens with two attached hydrogens (primary N) is 1. The summed E-state index contributed by atoms with van der Waals surface area (Å²) in [5, 5.41) is 3.34. The first kappa shape index (κ1) is 12.7. The summed E-state index contributed by atoms with van der Waals surface area (Å²) < 4.78 is 5.36. The van der Waals surface area contributed by atoms with Gasteiger partial charge in [0.25, 0.3) is 5.91 Å². The Balaban J connectivity index is 2.04. The molecule has 0 unspecified atom stereocenters. The van der Waals surface area contributed by atoms with Crippen LogP contribution < -0.4 is 11.1 Å². The minimum atomic E-state index is -0.291. The fraction of sp³-hybridized carbons (Fsp3) is 0.154. The molecule has 3 N–H and O–H groups in total. The molecule has 18 heavy (non-hydrogen) atoms. The number of hydrogen-bond donors (Lipinski definition) is 2. The van der Waals surface area contributed by atoms with Crippen molar-refractivity contribution in [2.45, 2.75) is 6.42 Å². The number of rotatable bonds is 4. The van der Waals surface area contributed by atoms with Crippen LogP contribution in [-0.2, 0) is 6.42 Å². The van der Waals surface area contributed by atoms with E-state index < -0.39 is 0 Å². The fourth-order valence-electron chi connectivity index (χ4n) is 1.50. The van der Waals surface area contributed by atoms with Crippen LogP contribution in [0, 0.1) is 0 Å². The molecule has 0 bridgehead atoms. The van der Waals surface area contributed by atoms with Gasteiger partial charge in [0, 0.05) is 17.1 Å². The van der Waals surface area contributed by atoms with Crippen LogP contribution >= 0.6 is 11.6 Å². The van der Waals surface area contributed by atoms with Crippen molar-refractivity contribution in [1.82, 2.24) is 0 Å². The molecule has 0 saturated heterocycles. The summed E-state index contributed by atoms with van der Waals surface area (Å²) >= 11 is 5.76. The van der Waals surface area contributed by atoms with Gasteiger partial charge in [-0.15, -0.1) is 0 Å². The third-order valence-electron chi connectivity index (χ3n) is 2.38. The van der Waals surface area contributed by atoms with Crippen molar-refractivity contribution in [1.29, 1.82) is 0 Å². The van der Waals surface area contributed by atoms with Crippen molar-refractivity contribution in [3.63, 3.8) is 0 Å². The molecule has 5 heteroatoms. The number of halogens is 1. The first-order valence-electron chi connectivity index (χ1n) is 5.55. The summed E-state index contributed by atoms with van der Waals surface area (Å²) in [4.78, 5) is 11.8. The zero-order chi connectivity index (χ0) is 13.0. The van der Waals surface area contributed by atoms with Gasteiger partial charge in [0.15, 0.2) is 5.76 Å². The molecule has 0 aliphatic rings. The highest BCUT2D eigenvalue weighted by molar-refractivity contribution is 6.30. The highest BCUT2D eigenvalue weighted by Gasteiger charge is 2.11. The molecule has 1 heterocycles. The second-order valence-corrected chi connectivity index (χ2v) is 4.20.